The average Bonchev–Trinajstić information content (AvgIpc) is 3.17. The summed E-state index contributed by atoms with van der Waals surface area (Å²) in [5.41, 5.74) is 8.05. The van der Waals surface area contributed by atoms with Gasteiger partial charge in [-0.15, -0.1) is 0 Å². The number of halogens is 2. The number of rotatable bonds is 5. The van der Waals surface area contributed by atoms with Crippen LogP contribution < -0.4 is 21.4 Å². The Morgan fingerprint density at radius 3 is 2.61 bits per heavy atom. The predicted octanol–water partition coefficient (Wildman–Crippen LogP) is 3.14. The van der Waals surface area contributed by atoms with Crippen molar-refractivity contribution in [1.29, 1.82) is 0 Å². The summed E-state index contributed by atoms with van der Waals surface area (Å²) in [4.78, 5) is 24.6. The van der Waals surface area contributed by atoms with Crippen molar-refractivity contribution >= 4 is 50.8 Å². The first-order chi connectivity index (χ1) is 13.4. The Balaban J connectivity index is 1.52. The Hall–Kier alpha value is -2.45. The van der Waals surface area contributed by atoms with E-state index in [-0.39, 0.29) is 12.5 Å². The van der Waals surface area contributed by atoms with E-state index in [1.165, 1.54) is 0 Å². The molecule has 4 N–H and O–H groups in total. The molecule has 0 aliphatic carbocycles. The first-order valence-corrected chi connectivity index (χ1v) is 10.00. The lowest BCUT2D eigenvalue weighted by Crippen LogP contribution is -2.48. The fraction of sp³-hybridized carbons (Fsp3) is 0.263. The van der Waals surface area contributed by atoms with Gasteiger partial charge in [0.15, 0.2) is 0 Å². The number of hydrogen-bond donors (Lipinski definition) is 3. The van der Waals surface area contributed by atoms with Crippen LogP contribution in [0.25, 0.3) is 0 Å². The highest BCUT2D eigenvalue weighted by atomic mass is 79.9. The van der Waals surface area contributed by atoms with Gasteiger partial charge in [0.05, 0.1) is 5.69 Å². The molecule has 1 fully saturated rings. The molecule has 0 bridgehead atoms. The number of hydrogen-bond acceptors (Lipinski definition) is 4. The molecule has 28 heavy (non-hydrogen) atoms. The number of nitrogen functional groups attached to an aromatic ring is 1. The van der Waals surface area contributed by atoms with Crippen molar-refractivity contribution in [2.24, 2.45) is 0 Å². The molecule has 0 atom stereocenters. The number of anilines is 2. The molecule has 148 valence electrons. The Morgan fingerprint density at radius 2 is 1.86 bits per heavy atom. The molecule has 3 amide bonds. The minimum Gasteiger partial charge on any atom is -0.399 e. The van der Waals surface area contributed by atoms with Crippen LogP contribution in [-0.2, 0) is 11.3 Å². The van der Waals surface area contributed by atoms with Gasteiger partial charge in [-0.25, -0.2) is 4.79 Å². The van der Waals surface area contributed by atoms with Crippen LogP contribution in [0.2, 0.25) is 5.02 Å². The molecule has 0 aromatic heterocycles. The smallest absolute Gasteiger partial charge is 0.315 e. The molecule has 7 nitrogen and oxygen atoms in total. The highest BCUT2D eigenvalue weighted by Gasteiger charge is 2.28. The van der Waals surface area contributed by atoms with Gasteiger partial charge >= 0.3 is 6.03 Å². The van der Waals surface area contributed by atoms with Crippen LogP contribution in [0.1, 0.15) is 12.0 Å². The van der Waals surface area contributed by atoms with Crippen LogP contribution in [0.4, 0.5) is 16.2 Å². The summed E-state index contributed by atoms with van der Waals surface area (Å²) in [5, 5.41) is 9.44. The summed E-state index contributed by atoms with van der Waals surface area (Å²) >= 11 is 9.60. The zero-order valence-corrected chi connectivity index (χ0v) is 17.5. The first-order valence-electron chi connectivity index (χ1n) is 8.83. The van der Waals surface area contributed by atoms with E-state index in [1.54, 1.807) is 23.2 Å². The van der Waals surface area contributed by atoms with Gasteiger partial charge in [-0.1, -0.05) is 23.7 Å². The van der Waals surface area contributed by atoms with E-state index in [0.717, 1.165) is 22.1 Å². The Bertz CT molecular complexity index is 862. The van der Waals surface area contributed by atoms with Crippen molar-refractivity contribution in [1.82, 2.24) is 15.6 Å². The van der Waals surface area contributed by atoms with Crippen molar-refractivity contribution in [3.63, 3.8) is 0 Å². The first kappa shape index (κ1) is 20.3. The lowest BCUT2D eigenvalue weighted by molar-refractivity contribution is -0.129. The average molecular weight is 467 g/mol. The monoisotopic (exact) mass is 465 g/mol. The molecule has 0 radical (unpaired) electrons. The van der Waals surface area contributed by atoms with Crippen molar-refractivity contribution in [3.05, 3.63) is 57.5 Å². The molecule has 1 aliphatic heterocycles. The number of nitrogens with one attached hydrogen (secondary N) is 2. The van der Waals surface area contributed by atoms with Crippen LogP contribution in [0.15, 0.2) is 46.9 Å². The number of nitrogens with zero attached hydrogens (tertiary/aromatic N) is 2. The third-order valence-electron chi connectivity index (χ3n) is 4.34. The summed E-state index contributed by atoms with van der Waals surface area (Å²) in [5.74, 6) is -0.188. The molecular weight excluding hydrogens is 446 g/mol. The second-order valence-corrected chi connectivity index (χ2v) is 7.66. The van der Waals surface area contributed by atoms with Gasteiger partial charge in [0.1, 0.15) is 6.54 Å². The minimum absolute atomic E-state index is 0.0950. The molecule has 1 heterocycles. The van der Waals surface area contributed by atoms with E-state index in [9.17, 15) is 9.59 Å². The Labute approximate surface area is 176 Å². The topological polar surface area (TPSA) is 90.7 Å². The minimum atomic E-state index is -0.403. The molecule has 0 saturated carbocycles. The van der Waals surface area contributed by atoms with Crippen molar-refractivity contribution in [2.75, 3.05) is 30.4 Å². The molecular formula is C19H21BrClN5O2. The van der Waals surface area contributed by atoms with Crippen molar-refractivity contribution < 1.29 is 9.59 Å². The van der Waals surface area contributed by atoms with Gasteiger partial charge in [-0.3, -0.25) is 14.8 Å². The van der Waals surface area contributed by atoms with E-state index >= 15 is 0 Å². The molecule has 1 saturated heterocycles. The highest BCUT2D eigenvalue weighted by molar-refractivity contribution is 9.10. The fourth-order valence-electron chi connectivity index (χ4n) is 2.93. The molecule has 0 spiro atoms. The number of urea groups is 1. The summed E-state index contributed by atoms with van der Waals surface area (Å²) in [6.45, 7) is 1.55. The van der Waals surface area contributed by atoms with Gasteiger partial charge in [0, 0.05) is 34.8 Å². The zero-order valence-electron chi connectivity index (χ0n) is 15.1. The highest BCUT2D eigenvalue weighted by Crippen LogP contribution is 2.32. The third-order valence-corrected chi connectivity index (χ3v) is 5.24. The standard InChI is InChI=1S/C19H21BrClN5O2/c20-16-7-4-14(21)10-17(16)25-8-1-9-26(25)18(27)12-24-19(28)23-11-13-2-5-15(22)6-3-13/h2-7,10H,1,8-9,11-12,22H2,(H2,23,24,28). The van der Waals surface area contributed by atoms with Crippen LogP contribution in [0, 0.1) is 0 Å². The summed E-state index contributed by atoms with van der Waals surface area (Å²) in [6.07, 6.45) is 0.841. The van der Waals surface area contributed by atoms with Crippen LogP contribution >= 0.6 is 27.5 Å². The number of amides is 3. The van der Waals surface area contributed by atoms with Gasteiger partial charge < -0.3 is 16.4 Å². The van der Waals surface area contributed by atoms with Crippen LogP contribution in [-0.4, -0.2) is 36.6 Å². The number of nitrogens with two attached hydrogens (primary N) is 1. The fourth-order valence-corrected chi connectivity index (χ4v) is 3.55. The molecule has 9 heteroatoms. The van der Waals surface area contributed by atoms with E-state index in [1.807, 2.05) is 29.3 Å². The van der Waals surface area contributed by atoms with Crippen molar-refractivity contribution in [3.8, 4) is 0 Å². The number of benzene rings is 2. The maximum absolute atomic E-state index is 12.6. The molecule has 1 aliphatic rings. The molecule has 0 unspecified atom stereocenters. The molecule has 2 aromatic rings. The Morgan fingerprint density at radius 1 is 1.11 bits per heavy atom. The summed E-state index contributed by atoms with van der Waals surface area (Å²) < 4.78 is 0.853. The van der Waals surface area contributed by atoms with Crippen LogP contribution in [0.3, 0.4) is 0 Å². The van der Waals surface area contributed by atoms with Crippen molar-refractivity contribution in [2.45, 2.75) is 13.0 Å². The van der Waals surface area contributed by atoms with E-state index in [0.29, 0.717) is 30.3 Å². The van der Waals surface area contributed by atoms with Crippen LogP contribution in [0.5, 0.6) is 0 Å². The second kappa shape index (κ2) is 9.16. The number of carbonyl (C=O) groups excluding carboxylic acids is 2. The van der Waals surface area contributed by atoms with Gasteiger partial charge in [-0.2, -0.15) is 0 Å². The summed E-state index contributed by atoms with van der Waals surface area (Å²) in [6, 6.07) is 12.3. The zero-order chi connectivity index (χ0) is 20.1. The van der Waals surface area contributed by atoms with Gasteiger partial charge in [-0.05, 0) is 58.2 Å². The molecule has 2 aromatic carbocycles. The largest absolute Gasteiger partial charge is 0.399 e. The number of hydrazine groups is 1. The second-order valence-electron chi connectivity index (χ2n) is 6.37. The lowest BCUT2D eigenvalue weighted by atomic mass is 10.2. The number of carbonyl (C=O) groups is 2. The normalized spacial score (nSPS) is 13.5. The maximum atomic E-state index is 12.6. The Kier molecular flexibility index (Phi) is 6.64. The van der Waals surface area contributed by atoms with E-state index in [2.05, 4.69) is 26.6 Å². The quantitative estimate of drug-likeness (QED) is 0.591. The SMILES string of the molecule is Nc1ccc(CNC(=O)NCC(=O)N2CCCN2c2cc(Cl)ccc2Br)cc1. The third kappa shape index (κ3) is 5.08. The molecule has 3 rings (SSSR count). The predicted molar refractivity (Wildman–Crippen MR) is 114 cm³/mol. The summed E-state index contributed by atoms with van der Waals surface area (Å²) in [7, 11) is 0. The maximum Gasteiger partial charge on any atom is 0.315 e. The lowest BCUT2D eigenvalue weighted by Gasteiger charge is -2.30. The van der Waals surface area contributed by atoms with E-state index in [4.69, 9.17) is 17.3 Å². The van der Waals surface area contributed by atoms with Gasteiger partial charge in [0.25, 0.3) is 5.91 Å². The van der Waals surface area contributed by atoms with Gasteiger partial charge in [0.2, 0.25) is 0 Å². The van der Waals surface area contributed by atoms with E-state index < -0.39 is 6.03 Å².